The Morgan fingerprint density at radius 3 is 2.44 bits per heavy atom. The minimum absolute atomic E-state index is 0.0725. The minimum atomic E-state index is -3.68. The Morgan fingerprint density at radius 1 is 1.20 bits per heavy atom. The van der Waals surface area contributed by atoms with Gasteiger partial charge in [-0.3, -0.25) is 4.79 Å². The Kier molecular flexibility index (Phi) is 5.34. The molecule has 2 rings (SSSR count). The van der Waals surface area contributed by atoms with Gasteiger partial charge in [0.2, 0.25) is 10.0 Å². The highest BCUT2D eigenvalue weighted by molar-refractivity contribution is 7.89. The lowest BCUT2D eigenvalue weighted by Gasteiger charge is -2.20. The van der Waals surface area contributed by atoms with Crippen LogP contribution in [0.15, 0.2) is 39.8 Å². The number of carbonyl (C=O) groups excluding carboxylic acids is 1. The molecule has 0 spiro atoms. The second kappa shape index (κ2) is 6.97. The molecule has 0 aliphatic heterocycles. The minimum Gasteiger partial charge on any atom is -0.360 e. The number of nitrogens with one attached hydrogen (secondary N) is 2. The highest BCUT2D eigenvalue weighted by atomic mass is 32.2. The maximum absolute atomic E-state index is 12.4. The first-order valence-corrected chi connectivity index (χ1v) is 9.38. The van der Waals surface area contributed by atoms with E-state index in [1.807, 2.05) is 13.8 Å². The van der Waals surface area contributed by atoms with Crippen molar-refractivity contribution in [1.82, 2.24) is 9.88 Å². The van der Waals surface area contributed by atoms with Crippen molar-refractivity contribution in [3.8, 4) is 0 Å². The second-order valence-corrected chi connectivity index (χ2v) is 8.79. The summed E-state index contributed by atoms with van der Waals surface area (Å²) in [5.41, 5.74) is -0.105. The van der Waals surface area contributed by atoms with E-state index < -0.39 is 21.5 Å². The quantitative estimate of drug-likeness (QED) is 0.848. The fourth-order valence-corrected chi connectivity index (χ4v) is 3.53. The van der Waals surface area contributed by atoms with Crippen LogP contribution in [0.3, 0.4) is 0 Å². The molecule has 25 heavy (non-hydrogen) atoms. The molecule has 7 nitrogen and oxygen atoms in total. The molecule has 1 heterocycles. The van der Waals surface area contributed by atoms with Gasteiger partial charge in [-0.15, -0.1) is 0 Å². The first-order chi connectivity index (χ1) is 11.5. The predicted molar refractivity (Wildman–Crippen MR) is 95.1 cm³/mol. The Labute approximate surface area is 147 Å². The first kappa shape index (κ1) is 19.1. The molecule has 8 heteroatoms. The molecule has 2 N–H and O–H groups in total. The van der Waals surface area contributed by atoms with Crippen molar-refractivity contribution in [1.29, 1.82) is 0 Å². The number of hydrogen-bond acceptors (Lipinski definition) is 5. The van der Waals surface area contributed by atoms with Crippen LogP contribution in [0.25, 0.3) is 0 Å². The zero-order valence-corrected chi connectivity index (χ0v) is 15.8. The molecule has 0 atom stereocenters. The summed E-state index contributed by atoms with van der Waals surface area (Å²) in [6.45, 7) is 9.13. The number of rotatable bonds is 5. The Morgan fingerprint density at radius 2 is 1.88 bits per heavy atom. The normalized spacial score (nSPS) is 12.4. The predicted octanol–water partition coefficient (Wildman–Crippen LogP) is 3.13. The number of anilines is 1. The average Bonchev–Trinajstić information content (AvgIpc) is 2.95. The largest absolute Gasteiger partial charge is 0.360 e. The van der Waals surface area contributed by atoms with Gasteiger partial charge >= 0.3 is 0 Å². The van der Waals surface area contributed by atoms with Gasteiger partial charge in [0, 0.05) is 23.2 Å². The summed E-state index contributed by atoms with van der Waals surface area (Å²) in [5, 5.41) is 6.37. The first-order valence-electron chi connectivity index (χ1n) is 7.90. The molecule has 0 saturated carbocycles. The van der Waals surface area contributed by atoms with Gasteiger partial charge in [-0.1, -0.05) is 25.1 Å². The Balaban J connectivity index is 2.20. The highest BCUT2D eigenvalue weighted by Gasteiger charge is 2.22. The summed E-state index contributed by atoms with van der Waals surface area (Å²) in [4.78, 5) is 12.3. The van der Waals surface area contributed by atoms with E-state index in [-0.39, 0.29) is 16.5 Å². The van der Waals surface area contributed by atoms with Gasteiger partial charge in [0.05, 0.1) is 4.90 Å². The lowest BCUT2D eigenvalue weighted by atomic mass is 10.1. The van der Waals surface area contributed by atoms with E-state index in [1.165, 1.54) is 12.1 Å². The molecule has 0 bridgehead atoms. The summed E-state index contributed by atoms with van der Waals surface area (Å²) >= 11 is 0. The number of sulfonamides is 1. The lowest BCUT2D eigenvalue weighted by Crippen LogP contribution is -2.40. The Hall–Kier alpha value is -2.19. The van der Waals surface area contributed by atoms with Crippen LogP contribution in [0, 0.1) is 0 Å². The number of carbonyl (C=O) groups is 1. The molecule has 1 aromatic carbocycles. The Bertz CT molecular complexity index is 864. The number of aromatic nitrogens is 1. The van der Waals surface area contributed by atoms with Gasteiger partial charge in [-0.25, -0.2) is 13.1 Å². The van der Waals surface area contributed by atoms with Gasteiger partial charge in [0.15, 0.2) is 5.69 Å². The van der Waals surface area contributed by atoms with Crippen molar-refractivity contribution < 1.29 is 17.7 Å². The van der Waals surface area contributed by atoms with Crippen molar-refractivity contribution in [2.24, 2.45) is 0 Å². The third-order valence-corrected chi connectivity index (χ3v) is 4.93. The number of amides is 1. The highest BCUT2D eigenvalue weighted by Crippen LogP contribution is 2.19. The van der Waals surface area contributed by atoms with Crippen molar-refractivity contribution in [2.75, 3.05) is 5.32 Å². The molecule has 0 aliphatic rings. The van der Waals surface area contributed by atoms with E-state index in [2.05, 4.69) is 15.2 Å². The van der Waals surface area contributed by atoms with Crippen LogP contribution in [0.1, 0.15) is 56.8 Å². The van der Waals surface area contributed by atoms with E-state index in [0.717, 1.165) is 0 Å². The van der Waals surface area contributed by atoms with Gasteiger partial charge < -0.3 is 9.84 Å². The molecule has 0 aliphatic carbocycles. The summed E-state index contributed by atoms with van der Waals surface area (Å²) < 4.78 is 32.4. The summed E-state index contributed by atoms with van der Waals surface area (Å²) in [5.74, 6) is 0.260. The maximum Gasteiger partial charge on any atom is 0.277 e. The van der Waals surface area contributed by atoms with Crippen LogP contribution < -0.4 is 10.0 Å². The molecule has 136 valence electrons. The molecular weight excluding hydrogens is 342 g/mol. The number of benzene rings is 1. The van der Waals surface area contributed by atoms with Crippen LogP contribution in [-0.4, -0.2) is 25.0 Å². The van der Waals surface area contributed by atoms with E-state index in [4.69, 9.17) is 4.52 Å². The zero-order chi connectivity index (χ0) is 18.8. The summed E-state index contributed by atoms with van der Waals surface area (Å²) in [6, 6.07) is 7.61. The fourth-order valence-electron chi connectivity index (χ4n) is 2.07. The molecule has 0 fully saturated rings. The van der Waals surface area contributed by atoms with Crippen molar-refractivity contribution in [3.05, 3.63) is 41.8 Å². The van der Waals surface area contributed by atoms with Gasteiger partial charge in [0.25, 0.3) is 5.91 Å². The van der Waals surface area contributed by atoms with Crippen LogP contribution in [0.5, 0.6) is 0 Å². The van der Waals surface area contributed by atoms with Gasteiger partial charge in [-0.2, -0.15) is 0 Å². The SMILES string of the molecule is CC(C)c1cc(C(=O)Nc2cccc(S(=O)(=O)NC(C)(C)C)c2)no1. The second-order valence-electron chi connectivity index (χ2n) is 7.11. The molecule has 1 amide bonds. The van der Waals surface area contributed by atoms with Crippen molar-refractivity contribution >= 4 is 21.6 Å². The monoisotopic (exact) mass is 365 g/mol. The molecular formula is C17H23N3O4S. The third kappa shape index (κ3) is 5.14. The summed E-state index contributed by atoms with van der Waals surface area (Å²) in [7, 11) is -3.68. The third-order valence-electron chi connectivity index (χ3n) is 3.17. The van der Waals surface area contributed by atoms with E-state index in [9.17, 15) is 13.2 Å². The van der Waals surface area contributed by atoms with Crippen LogP contribution >= 0.6 is 0 Å². The molecule has 2 aromatic rings. The molecule has 0 saturated heterocycles. The lowest BCUT2D eigenvalue weighted by molar-refractivity contribution is 0.101. The van der Waals surface area contributed by atoms with Crippen molar-refractivity contribution in [2.45, 2.75) is 51.0 Å². The molecule has 0 radical (unpaired) electrons. The van der Waals surface area contributed by atoms with Gasteiger partial charge in [-0.05, 0) is 39.0 Å². The summed E-state index contributed by atoms with van der Waals surface area (Å²) in [6.07, 6.45) is 0. The van der Waals surface area contributed by atoms with E-state index in [1.54, 1.807) is 39.0 Å². The number of hydrogen-bond donors (Lipinski definition) is 2. The maximum atomic E-state index is 12.4. The van der Waals surface area contributed by atoms with Crippen LogP contribution in [-0.2, 0) is 10.0 Å². The topological polar surface area (TPSA) is 101 Å². The van der Waals surface area contributed by atoms with E-state index >= 15 is 0 Å². The average molecular weight is 365 g/mol. The number of nitrogens with zero attached hydrogens (tertiary/aromatic N) is 1. The smallest absolute Gasteiger partial charge is 0.277 e. The van der Waals surface area contributed by atoms with Gasteiger partial charge in [0.1, 0.15) is 5.76 Å². The van der Waals surface area contributed by atoms with Crippen LogP contribution in [0.4, 0.5) is 5.69 Å². The molecule has 0 unspecified atom stereocenters. The van der Waals surface area contributed by atoms with Crippen molar-refractivity contribution in [3.63, 3.8) is 0 Å². The van der Waals surface area contributed by atoms with Crippen LogP contribution in [0.2, 0.25) is 0 Å². The fraction of sp³-hybridized carbons (Fsp3) is 0.412. The standard InChI is InChI=1S/C17H23N3O4S/c1-11(2)15-10-14(19-24-15)16(21)18-12-7-6-8-13(9-12)25(22,23)20-17(3,4)5/h6-11,20H,1-5H3,(H,18,21). The molecule has 1 aromatic heterocycles. The van der Waals surface area contributed by atoms with E-state index in [0.29, 0.717) is 11.4 Å². The zero-order valence-electron chi connectivity index (χ0n) is 15.0.